The molecule has 0 heterocycles. The molecule has 16 heavy (non-hydrogen) atoms. The number of amides is 1. The van der Waals surface area contributed by atoms with Crippen LogP contribution in [-0.2, 0) is 15.6 Å². The van der Waals surface area contributed by atoms with Gasteiger partial charge in [-0.15, -0.1) is 0 Å². The van der Waals surface area contributed by atoms with E-state index < -0.39 is 16.0 Å². The topological polar surface area (TPSA) is 72.2 Å². The molecule has 3 N–H and O–H groups in total. The van der Waals surface area contributed by atoms with Crippen molar-refractivity contribution in [3.63, 3.8) is 0 Å². The summed E-state index contributed by atoms with van der Waals surface area (Å²) in [5.74, 6) is -0.255. The second-order valence-corrected chi connectivity index (χ2v) is 5.41. The van der Waals surface area contributed by atoms with Gasteiger partial charge in [0.1, 0.15) is 5.25 Å². The molecule has 0 aliphatic carbocycles. The summed E-state index contributed by atoms with van der Waals surface area (Å²) in [7, 11) is -1.17. The molecule has 0 fully saturated rings. The van der Waals surface area contributed by atoms with Crippen LogP contribution in [0.4, 0.5) is 11.4 Å². The Morgan fingerprint density at radius 3 is 2.69 bits per heavy atom. The van der Waals surface area contributed by atoms with Crippen LogP contribution >= 0.6 is 0 Å². The third-order valence-electron chi connectivity index (χ3n) is 2.39. The van der Waals surface area contributed by atoms with Gasteiger partial charge in [-0.25, -0.2) is 0 Å². The van der Waals surface area contributed by atoms with Crippen molar-refractivity contribution < 1.29 is 9.00 Å². The van der Waals surface area contributed by atoms with Crippen molar-refractivity contribution in [2.75, 3.05) is 17.3 Å². The number of carbonyl (C=O) groups excluding carboxylic acids is 1. The van der Waals surface area contributed by atoms with Crippen molar-refractivity contribution in [1.29, 1.82) is 0 Å². The highest BCUT2D eigenvalue weighted by atomic mass is 32.2. The molecule has 1 amide bonds. The fourth-order valence-corrected chi connectivity index (χ4v) is 1.52. The highest BCUT2D eigenvalue weighted by Gasteiger charge is 2.17. The van der Waals surface area contributed by atoms with Crippen LogP contribution in [0.2, 0.25) is 0 Å². The Bertz CT molecular complexity index is 432. The van der Waals surface area contributed by atoms with E-state index in [0.717, 1.165) is 5.56 Å². The van der Waals surface area contributed by atoms with Gasteiger partial charge in [-0.3, -0.25) is 9.00 Å². The molecule has 2 atom stereocenters. The minimum absolute atomic E-state index is 0.255. The first-order valence-corrected chi connectivity index (χ1v) is 6.53. The number of nitrogen functional groups attached to an aromatic ring is 1. The van der Waals surface area contributed by atoms with Gasteiger partial charge < -0.3 is 11.1 Å². The van der Waals surface area contributed by atoms with Gasteiger partial charge in [-0.1, -0.05) is 6.07 Å². The number of rotatable bonds is 3. The van der Waals surface area contributed by atoms with Gasteiger partial charge >= 0.3 is 0 Å². The molecule has 0 radical (unpaired) electrons. The maximum absolute atomic E-state index is 11.7. The monoisotopic (exact) mass is 240 g/mol. The summed E-state index contributed by atoms with van der Waals surface area (Å²) < 4.78 is 11.2. The number of nitrogens with two attached hydrogens (primary N) is 1. The van der Waals surface area contributed by atoms with Crippen LogP contribution in [0.5, 0.6) is 0 Å². The van der Waals surface area contributed by atoms with Gasteiger partial charge in [0.25, 0.3) is 0 Å². The van der Waals surface area contributed by atoms with Crippen molar-refractivity contribution in [1.82, 2.24) is 0 Å². The number of nitrogens with one attached hydrogen (secondary N) is 1. The van der Waals surface area contributed by atoms with Gasteiger partial charge in [0.2, 0.25) is 5.91 Å². The van der Waals surface area contributed by atoms with Gasteiger partial charge in [-0.05, 0) is 31.5 Å². The summed E-state index contributed by atoms with van der Waals surface area (Å²) in [5.41, 5.74) is 7.81. The Balaban J connectivity index is 2.84. The van der Waals surface area contributed by atoms with Crippen LogP contribution in [0.15, 0.2) is 18.2 Å². The molecule has 0 bridgehead atoms. The van der Waals surface area contributed by atoms with E-state index in [1.54, 1.807) is 19.1 Å². The van der Waals surface area contributed by atoms with Crippen molar-refractivity contribution >= 4 is 28.1 Å². The predicted octanol–water partition coefficient (Wildman–Crippen LogP) is 1.28. The van der Waals surface area contributed by atoms with E-state index in [1.807, 2.05) is 13.0 Å². The summed E-state index contributed by atoms with van der Waals surface area (Å²) in [6, 6.07) is 5.30. The molecule has 1 aromatic carbocycles. The normalized spacial score (nSPS) is 14.2. The Kier molecular flexibility index (Phi) is 4.06. The molecule has 2 unspecified atom stereocenters. The maximum Gasteiger partial charge on any atom is 0.239 e. The van der Waals surface area contributed by atoms with Gasteiger partial charge in [0.05, 0.1) is 0 Å². The number of aryl methyl sites for hydroxylation is 1. The van der Waals surface area contributed by atoms with Crippen LogP contribution in [0, 0.1) is 6.92 Å². The number of benzene rings is 1. The second-order valence-electron chi connectivity index (χ2n) is 3.70. The van der Waals surface area contributed by atoms with E-state index in [4.69, 9.17) is 5.73 Å². The Morgan fingerprint density at radius 1 is 1.50 bits per heavy atom. The van der Waals surface area contributed by atoms with Crippen LogP contribution in [-0.4, -0.2) is 21.6 Å². The van der Waals surface area contributed by atoms with Crippen molar-refractivity contribution in [3.8, 4) is 0 Å². The first kappa shape index (κ1) is 12.7. The van der Waals surface area contributed by atoms with E-state index in [-0.39, 0.29) is 5.91 Å². The minimum Gasteiger partial charge on any atom is -0.399 e. The summed E-state index contributed by atoms with van der Waals surface area (Å²) >= 11 is 0. The van der Waals surface area contributed by atoms with Crippen LogP contribution in [0.3, 0.4) is 0 Å². The fourth-order valence-electron chi connectivity index (χ4n) is 1.16. The summed E-state index contributed by atoms with van der Waals surface area (Å²) in [5, 5.41) is 2.19. The zero-order valence-electron chi connectivity index (χ0n) is 9.61. The molecule has 0 aliphatic rings. The lowest BCUT2D eigenvalue weighted by molar-refractivity contribution is -0.115. The highest BCUT2D eigenvalue weighted by Crippen LogP contribution is 2.18. The third kappa shape index (κ3) is 3.06. The van der Waals surface area contributed by atoms with E-state index in [2.05, 4.69) is 5.32 Å². The molecule has 0 saturated carbocycles. The lowest BCUT2D eigenvalue weighted by Crippen LogP contribution is -2.28. The third-order valence-corrected chi connectivity index (χ3v) is 3.60. The molecule has 1 aromatic rings. The fraction of sp³-hybridized carbons (Fsp3) is 0.364. The first-order chi connectivity index (χ1) is 7.41. The average molecular weight is 240 g/mol. The molecule has 0 saturated heterocycles. The molecule has 5 heteroatoms. The smallest absolute Gasteiger partial charge is 0.239 e. The Labute approximate surface area is 97.7 Å². The maximum atomic E-state index is 11.7. The predicted molar refractivity (Wildman–Crippen MR) is 67.7 cm³/mol. The molecule has 88 valence electrons. The SMILES string of the molecule is Cc1ccc(N)cc1NC(=O)C(C)S(C)=O. The molecule has 0 aromatic heterocycles. The molecular formula is C11H16N2O2S. The highest BCUT2D eigenvalue weighted by molar-refractivity contribution is 7.85. The Hall–Kier alpha value is -1.36. The molecule has 0 spiro atoms. The summed E-state index contributed by atoms with van der Waals surface area (Å²) in [6.07, 6.45) is 1.51. The van der Waals surface area contributed by atoms with Gasteiger partial charge in [-0.2, -0.15) is 0 Å². The van der Waals surface area contributed by atoms with Crippen molar-refractivity contribution in [3.05, 3.63) is 23.8 Å². The molecule has 4 nitrogen and oxygen atoms in total. The number of carbonyl (C=O) groups is 1. The molecular weight excluding hydrogens is 224 g/mol. The van der Waals surface area contributed by atoms with Crippen molar-refractivity contribution in [2.24, 2.45) is 0 Å². The standard InChI is InChI=1S/C11H16N2O2S/c1-7-4-5-9(12)6-10(7)13-11(14)8(2)16(3)15/h4-6,8H,12H2,1-3H3,(H,13,14). The zero-order valence-corrected chi connectivity index (χ0v) is 10.4. The van der Waals surface area contributed by atoms with Crippen LogP contribution < -0.4 is 11.1 Å². The van der Waals surface area contributed by atoms with Gasteiger partial charge in [0.15, 0.2) is 0 Å². The summed E-state index contributed by atoms with van der Waals surface area (Å²) in [4.78, 5) is 11.7. The molecule has 1 rings (SSSR count). The number of anilines is 2. The largest absolute Gasteiger partial charge is 0.399 e. The molecule has 0 aliphatic heterocycles. The van der Waals surface area contributed by atoms with Gasteiger partial charge in [0, 0.05) is 28.4 Å². The van der Waals surface area contributed by atoms with E-state index >= 15 is 0 Å². The Morgan fingerprint density at radius 2 is 2.12 bits per heavy atom. The van der Waals surface area contributed by atoms with Crippen LogP contribution in [0.25, 0.3) is 0 Å². The average Bonchev–Trinajstić information content (AvgIpc) is 2.22. The lowest BCUT2D eigenvalue weighted by Gasteiger charge is -2.12. The zero-order chi connectivity index (χ0) is 12.3. The second kappa shape index (κ2) is 5.12. The van der Waals surface area contributed by atoms with Crippen LogP contribution in [0.1, 0.15) is 12.5 Å². The quantitative estimate of drug-likeness (QED) is 0.782. The van der Waals surface area contributed by atoms with E-state index in [0.29, 0.717) is 11.4 Å². The van der Waals surface area contributed by atoms with E-state index in [1.165, 1.54) is 6.26 Å². The minimum atomic E-state index is -1.17. The number of hydrogen-bond donors (Lipinski definition) is 2. The first-order valence-electron chi connectivity index (χ1n) is 4.91. The lowest BCUT2D eigenvalue weighted by atomic mass is 10.2. The summed E-state index contributed by atoms with van der Waals surface area (Å²) in [6.45, 7) is 3.51. The number of hydrogen-bond acceptors (Lipinski definition) is 3. The van der Waals surface area contributed by atoms with Crippen molar-refractivity contribution in [2.45, 2.75) is 19.1 Å². The van der Waals surface area contributed by atoms with E-state index in [9.17, 15) is 9.00 Å².